The van der Waals surface area contributed by atoms with Crippen molar-refractivity contribution in [3.8, 4) is 5.75 Å². The van der Waals surface area contributed by atoms with Crippen molar-refractivity contribution < 1.29 is 14.3 Å². The highest BCUT2D eigenvalue weighted by Crippen LogP contribution is 2.36. The fourth-order valence-corrected chi connectivity index (χ4v) is 2.88. The van der Waals surface area contributed by atoms with E-state index >= 15 is 0 Å². The minimum absolute atomic E-state index is 0.0706. The Morgan fingerprint density at radius 1 is 1.24 bits per heavy atom. The number of anilines is 1. The molecule has 5 nitrogen and oxygen atoms in total. The second-order valence-electron chi connectivity index (χ2n) is 5.81. The maximum Gasteiger partial charge on any atom is 0.268 e. The third-order valence-corrected chi connectivity index (χ3v) is 4.26. The van der Waals surface area contributed by atoms with Gasteiger partial charge in [-0.15, -0.1) is 0 Å². The molecule has 1 N–H and O–H groups in total. The van der Waals surface area contributed by atoms with Crippen molar-refractivity contribution in [1.82, 2.24) is 5.32 Å². The summed E-state index contributed by atoms with van der Waals surface area (Å²) in [5.74, 6) is 0.0960. The smallest absolute Gasteiger partial charge is 0.268 e. The van der Waals surface area contributed by atoms with Gasteiger partial charge < -0.3 is 10.1 Å². The first-order valence-corrected chi connectivity index (χ1v) is 8.54. The molecule has 0 aromatic heterocycles. The minimum atomic E-state index is -0.587. The fraction of sp³-hybridized carbons (Fsp3) is 0.263. The van der Waals surface area contributed by atoms with Gasteiger partial charge >= 0.3 is 0 Å². The van der Waals surface area contributed by atoms with Crippen LogP contribution in [0.1, 0.15) is 18.9 Å². The summed E-state index contributed by atoms with van der Waals surface area (Å²) in [5.41, 5.74) is 1.52. The van der Waals surface area contributed by atoms with Crippen LogP contribution in [-0.2, 0) is 16.1 Å². The van der Waals surface area contributed by atoms with E-state index in [-0.39, 0.29) is 18.4 Å². The lowest BCUT2D eigenvalue weighted by molar-refractivity contribution is -0.129. The van der Waals surface area contributed by atoms with Crippen LogP contribution < -0.4 is 15.0 Å². The summed E-state index contributed by atoms with van der Waals surface area (Å²) in [6.45, 7) is 2.22. The fourth-order valence-electron chi connectivity index (χ4n) is 2.71. The molecule has 0 aliphatic carbocycles. The van der Waals surface area contributed by atoms with E-state index in [2.05, 4.69) is 5.32 Å². The SMILES string of the molecule is CC[C@@H]1Oc2ccc(Cl)cc2N(CC(=O)NCc2ccccc2)C1=O. The zero-order valence-corrected chi connectivity index (χ0v) is 14.6. The normalized spacial score (nSPS) is 16.2. The quantitative estimate of drug-likeness (QED) is 0.893. The maximum atomic E-state index is 12.6. The van der Waals surface area contributed by atoms with Crippen LogP contribution in [0.2, 0.25) is 5.02 Å². The highest BCUT2D eigenvalue weighted by Gasteiger charge is 2.34. The van der Waals surface area contributed by atoms with Crippen molar-refractivity contribution in [3.63, 3.8) is 0 Å². The van der Waals surface area contributed by atoms with Crippen LogP contribution in [0, 0.1) is 0 Å². The lowest BCUT2D eigenvalue weighted by Crippen LogP contribution is -2.49. The van der Waals surface area contributed by atoms with Crippen molar-refractivity contribution in [2.24, 2.45) is 0 Å². The van der Waals surface area contributed by atoms with Crippen molar-refractivity contribution in [1.29, 1.82) is 0 Å². The molecule has 0 saturated carbocycles. The first kappa shape index (κ1) is 17.3. The van der Waals surface area contributed by atoms with E-state index in [1.807, 2.05) is 37.3 Å². The Bertz CT molecular complexity index is 779. The van der Waals surface area contributed by atoms with Crippen molar-refractivity contribution in [3.05, 3.63) is 59.1 Å². The molecule has 0 radical (unpaired) electrons. The molecule has 1 atom stereocenters. The van der Waals surface area contributed by atoms with Gasteiger partial charge in [0.25, 0.3) is 5.91 Å². The van der Waals surface area contributed by atoms with Gasteiger partial charge in [0.05, 0.1) is 5.69 Å². The molecular weight excluding hydrogens is 340 g/mol. The van der Waals surface area contributed by atoms with Crippen LogP contribution in [0.5, 0.6) is 5.75 Å². The number of nitrogens with one attached hydrogen (secondary N) is 1. The topological polar surface area (TPSA) is 58.6 Å². The summed E-state index contributed by atoms with van der Waals surface area (Å²) in [6.07, 6.45) is -0.0566. The van der Waals surface area contributed by atoms with E-state index in [1.54, 1.807) is 18.2 Å². The summed E-state index contributed by atoms with van der Waals surface area (Å²) >= 11 is 6.04. The van der Waals surface area contributed by atoms with Gasteiger partial charge in [0.15, 0.2) is 6.10 Å². The third kappa shape index (κ3) is 3.94. The summed E-state index contributed by atoms with van der Waals surface area (Å²) in [4.78, 5) is 26.4. The number of halogens is 1. The monoisotopic (exact) mass is 358 g/mol. The Morgan fingerprint density at radius 3 is 2.72 bits per heavy atom. The van der Waals surface area contributed by atoms with Crippen LogP contribution in [0.25, 0.3) is 0 Å². The molecule has 0 fully saturated rings. The average molecular weight is 359 g/mol. The molecule has 6 heteroatoms. The van der Waals surface area contributed by atoms with E-state index in [9.17, 15) is 9.59 Å². The van der Waals surface area contributed by atoms with Gasteiger partial charge in [-0.25, -0.2) is 0 Å². The molecule has 130 valence electrons. The molecule has 25 heavy (non-hydrogen) atoms. The van der Waals surface area contributed by atoms with Gasteiger partial charge in [0.1, 0.15) is 12.3 Å². The zero-order valence-electron chi connectivity index (χ0n) is 13.9. The van der Waals surface area contributed by atoms with Gasteiger partial charge in [-0.2, -0.15) is 0 Å². The largest absolute Gasteiger partial charge is 0.478 e. The highest BCUT2D eigenvalue weighted by atomic mass is 35.5. The van der Waals surface area contributed by atoms with Gasteiger partial charge in [-0.05, 0) is 30.2 Å². The van der Waals surface area contributed by atoms with Crippen LogP contribution in [0.4, 0.5) is 5.69 Å². The Morgan fingerprint density at radius 2 is 2.00 bits per heavy atom. The molecular formula is C19H19ClN2O3. The second-order valence-corrected chi connectivity index (χ2v) is 6.25. The highest BCUT2D eigenvalue weighted by molar-refractivity contribution is 6.31. The average Bonchev–Trinajstić information content (AvgIpc) is 2.63. The molecule has 1 aliphatic rings. The maximum absolute atomic E-state index is 12.6. The van der Waals surface area contributed by atoms with Gasteiger partial charge in [-0.1, -0.05) is 48.9 Å². The third-order valence-electron chi connectivity index (χ3n) is 4.03. The van der Waals surface area contributed by atoms with Crippen molar-refractivity contribution >= 4 is 29.1 Å². The molecule has 0 unspecified atom stereocenters. The Hall–Kier alpha value is -2.53. The van der Waals surface area contributed by atoms with Crippen LogP contribution in [-0.4, -0.2) is 24.5 Å². The van der Waals surface area contributed by atoms with Crippen LogP contribution in [0.3, 0.4) is 0 Å². The number of hydrogen-bond donors (Lipinski definition) is 1. The predicted molar refractivity (Wildman–Crippen MR) is 96.8 cm³/mol. The zero-order chi connectivity index (χ0) is 17.8. The van der Waals surface area contributed by atoms with E-state index < -0.39 is 6.10 Å². The lowest BCUT2D eigenvalue weighted by Gasteiger charge is -2.33. The predicted octanol–water partition coefficient (Wildman–Crippen LogP) is 3.16. The Kier molecular flexibility index (Phi) is 5.24. The Balaban J connectivity index is 1.74. The standard InChI is InChI=1S/C19H19ClN2O3/c1-2-16-19(24)22(15-10-14(20)8-9-17(15)25-16)12-18(23)21-11-13-6-4-3-5-7-13/h3-10,16H,2,11-12H2,1H3,(H,21,23)/t16-/m0/s1. The van der Waals surface area contributed by atoms with E-state index in [0.717, 1.165) is 5.56 Å². The molecule has 3 rings (SSSR count). The molecule has 2 amide bonds. The van der Waals surface area contributed by atoms with Crippen LogP contribution >= 0.6 is 11.6 Å². The van der Waals surface area contributed by atoms with Gasteiger partial charge in [0.2, 0.25) is 5.91 Å². The summed E-state index contributed by atoms with van der Waals surface area (Å²) in [6, 6.07) is 14.7. The summed E-state index contributed by atoms with van der Waals surface area (Å²) in [7, 11) is 0. The number of ether oxygens (including phenoxy) is 1. The molecule has 0 bridgehead atoms. The number of amides is 2. The van der Waals surface area contributed by atoms with E-state index in [4.69, 9.17) is 16.3 Å². The first-order valence-electron chi connectivity index (χ1n) is 8.16. The van der Waals surface area contributed by atoms with Crippen molar-refractivity contribution in [2.75, 3.05) is 11.4 Å². The number of nitrogens with zero attached hydrogens (tertiary/aromatic N) is 1. The molecule has 0 spiro atoms. The number of hydrogen-bond acceptors (Lipinski definition) is 3. The number of benzene rings is 2. The number of carbonyl (C=O) groups is 2. The first-order chi connectivity index (χ1) is 12.1. The van der Waals surface area contributed by atoms with E-state index in [1.165, 1.54) is 4.90 Å². The van der Waals surface area contributed by atoms with Gasteiger partial charge in [-0.3, -0.25) is 14.5 Å². The number of fused-ring (bicyclic) bond motifs is 1. The Labute approximate surface area is 151 Å². The second kappa shape index (κ2) is 7.57. The number of carbonyl (C=O) groups excluding carboxylic acids is 2. The summed E-state index contributed by atoms with van der Waals surface area (Å²) < 4.78 is 5.71. The van der Waals surface area contributed by atoms with Crippen molar-refractivity contribution in [2.45, 2.75) is 26.0 Å². The molecule has 2 aromatic rings. The molecule has 0 saturated heterocycles. The number of rotatable bonds is 5. The van der Waals surface area contributed by atoms with Crippen LogP contribution in [0.15, 0.2) is 48.5 Å². The lowest BCUT2D eigenvalue weighted by atomic mass is 10.1. The van der Waals surface area contributed by atoms with E-state index in [0.29, 0.717) is 29.4 Å². The molecule has 1 aliphatic heterocycles. The molecule has 2 aromatic carbocycles. The van der Waals surface area contributed by atoms with Gasteiger partial charge in [0, 0.05) is 11.6 Å². The molecule has 1 heterocycles. The summed E-state index contributed by atoms with van der Waals surface area (Å²) in [5, 5.41) is 3.32. The minimum Gasteiger partial charge on any atom is -0.478 e.